The molecule has 0 radical (unpaired) electrons. The first-order chi connectivity index (χ1) is 10.1. The molecule has 0 fully saturated rings. The molecule has 3 rings (SSSR count). The summed E-state index contributed by atoms with van der Waals surface area (Å²) in [7, 11) is 1.55. The van der Waals surface area contributed by atoms with Crippen LogP contribution in [0.3, 0.4) is 0 Å². The van der Waals surface area contributed by atoms with Gasteiger partial charge < -0.3 is 14.8 Å². The predicted molar refractivity (Wildman–Crippen MR) is 77.5 cm³/mol. The van der Waals surface area contributed by atoms with Gasteiger partial charge in [-0.15, -0.1) is 0 Å². The summed E-state index contributed by atoms with van der Waals surface area (Å²) in [5, 5.41) is 0.635. The number of carbonyl (C=O) groups is 2. The van der Waals surface area contributed by atoms with Crippen molar-refractivity contribution in [3.05, 3.63) is 45.7 Å². The van der Waals surface area contributed by atoms with Crippen LogP contribution in [0.15, 0.2) is 29.1 Å². The number of nitrogens with zero attached hydrogens (tertiary/aromatic N) is 2. The molecule has 6 heteroatoms. The third-order valence-corrected chi connectivity index (χ3v) is 3.71. The lowest BCUT2D eigenvalue weighted by Crippen LogP contribution is -2.35. The summed E-state index contributed by atoms with van der Waals surface area (Å²) in [5.74, 6) is -0.169. The van der Waals surface area contributed by atoms with Gasteiger partial charge in [0.25, 0.3) is 0 Å². The molecule has 0 unspecified atom stereocenters. The number of benzene rings is 1. The fourth-order valence-corrected chi connectivity index (χ4v) is 2.59. The van der Waals surface area contributed by atoms with E-state index in [1.165, 1.54) is 4.90 Å². The zero-order valence-corrected chi connectivity index (χ0v) is 11.6. The summed E-state index contributed by atoms with van der Waals surface area (Å²) in [6.45, 7) is 0.688. The number of pyridine rings is 1. The Hall–Kier alpha value is -2.63. The molecule has 0 saturated heterocycles. The minimum atomic E-state index is -0.169. The number of hydrogen-bond acceptors (Lipinski definition) is 3. The van der Waals surface area contributed by atoms with Crippen LogP contribution in [0.2, 0.25) is 0 Å². The van der Waals surface area contributed by atoms with E-state index < -0.39 is 0 Å². The minimum Gasteiger partial charge on any atom is -0.356 e. The van der Waals surface area contributed by atoms with Crippen molar-refractivity contribution >= 4 is 23.2 Å². The van der Waals surface area contributed by atoms with Crippen molar-refractivity contribution in [1.29, 1.82) is 0 Å². The number of carbonyl (C=O) groups excluding carboxylic acids is 2. The largest absolute Gasteiger partial charge is 0.356 e. The molecule has 21 heavy (non-hydrogen) atoms. The molecule has 1 N–H and O–H groups in total. The third-order valence-electron chi connectivity index (χ3n) is 3.71. The van der Waals surface area contributed by atoms with Crippen LogP contribution in [-0.2, 0) is 22.7 Å². The van der Waals surface area contributed by atoms with Crippen LogP contribution in [0.5, 0.6) is 0 Å². The van der Waals surface area contributed by atoms with Crippen molar-refractivity contribution in [2.75, 3.05) is 13.6 Å². The molecule has 2 aromatic rings. The van der Waals surface area contributed by atoms with Gasteiger partial charge >= 0.3 is 0 Å². The van der Waals surface area contributed by atoms with Crippen LogP contribution in [0.4, 0.5) is 0 Å². The van der Waals surface area contributed by atoms with Crippen molar-refractivity contribution in [2.24, 2.45) is 0 Å². The van der Waals surface area contributed by atoms with Gasteiger partial charge in [0.05, 0.1) is 19.6 Å². The molecule has 0 spiro atoms. The molecule has 0 aliphatic carbocycles. The van der Waals surface area contributed by atoms with E-state index in [0.717, 1.165) is 11.2 Å². The van der Waals surface area contributed by atoms with Gasteiger partial charge in [0.1, 0.15) is 0 Å². The second kappa shape index (κ2) is 5.05. The molecule has 6 nitrogen and oxygen atoms in total. The molecule has 1 aromatic heterocycles. The number of aromatic nitrogens is 1. The van der Waals surface area contributed by atoms with E-state index in [-0.39, 0.29) is 17.9 Å². The Labute approximate surface area is 121 Å². The highest BCUT2D eigenvalue weighted by Crippen LogP contribution is 2.21. The van der Waals surface area contributed by atoms with Crippen molar-refractivity contribution in [3.8, 4) is 0 Å². The summed E-state index contributed by atoms with van der Waals surface area (Å²) in [4.78, 5) is 41.2. The Kier molecular flexibility index (Phi) is 3.21. The molecular formula is C15H15N3O3. The maximum Gasteiger partial charge on any atom is 0.242 e. The van der Waals surface area contributed by atoms with Crippen molar-refractivity contribution in [1.82, 2.24) is 14.8 Å². The van der Waals surface area contributed by atoms with Gasteiger partial charge in [-0.1, -0.05) is 12.1 Å². The molecule has 2 amide bonds. The van der Waals surface area contributed by atoms with Crippen LogP contribution < -0.4 is 5.43 Å². The second-order valence-electron chi connectivity index (χ2n) is 5.23. The fraction of sp³-hybridized carbons (Fsp3) is 0.267. The predicted octanol–water partition coefficient (Wildman–Crippen LogP) is 0.458. The maximum absolute atomic E-state index is 12.4. The Morgan fingerprint density at radius 2 is 2.14 bits per heavy atom. The van der Waals surface area contributed by atoms with Gasteiger partial charge in [-0.05, 0) is 12.1 Å². The number of nitrogens with one attached hydrogen (secondary N) is 1. The number of hydrogen-bond donors (Lipinski definition) is 1. The first-order valence-electron chi connectivity index (χ1n) is 6.66. The van der Waals surface area contributed by atoms with E-state index >= 15 is 0 Å². The monoisotopic (exact) mass is 285 g/mol. The molecule has 0 saturated carbocycles. The Balaban J connectivity index is 1.92. The summed E-state index contributed by atoms with van der Waals surface area (Å²) in [6.07, 6.45) is 0.612. The number of para-hydroxylation sites is 1. The van der Waals surface area contributed by atoms with Crippen molar-refractivity contribution in [2.45, 2.75) is 13.1 Å². The fourth-order valence-electron chi connectivity index (χ4n) is 2.59. The second-order valence-corrected chi connectivity index (χ2v) is 5.23. The maximum atomic E-state index is 12.4. The van der Waals surface area contributed by atoms with Crippen LogP contribution in [0, 0.1) is 0 Å². The van der Waals surface area contributed by atoms with Gasteiger partial charge in [-0.25, -0.2) is 0 Å². The first kappa shape index (κ1) is 13.4. The Morgan fingerprint density at radius 3 is 2.90 bits per heavy atom. The molecule has 2 heterocycles. The summed E-state index contributed by atoms with van der Waals surface area (Å²) >= 11 is 0. The number of rotatable bonds is 3. The molecule has 1 aliphatic heterocycles. The number of likely N-dealkylation sites (N-methyl/N-ethyl adjacent to an activating group) is 1. The number of aromatic amines is 1. The lowest BCUT2D eigenvalue weighted by molar-refractivity contribution is -0.135. The summed E-state index contributed by atoms with van der Waals surface area (Å²) < 4.78 is 0. The lowest BCUT2D eigenvalue weighted by Gasteiger charge is -2.18. The topological polar surface area (TPSA) is 73.5 Å². The molecule has 1 aliphatic rings. The highest BCUT2D eigenvalue weighted by molar-refractivity contribution is 5.82. The molecule has 0 bridgehead atoms. The summed E-state index contributed by atoms with van der Waals surface area (Å²) in [6, 6.07) is 7.31. The van der Waals surface area contributed by atoms with E-state index in [2.05, 4.69) is 4.98 Å². The smallest absolute Gasteiger partial charge is 0.242 e. The van der Waals surface area contributed by atoms with Crippen molar-refractivity contribution in [3.63, 3.8) is 0 Å². The zero-order valence-electron chi connectivity index (χ0n) is 11.6. The first-order valence-corrected chi connectivity index (χ1v) is 6.66. The van der Waals surface area contributed by atoms with Gasteiger partial charge in [0.2, 0.25) is 12.3 Å². The average Bonchev–Trinajstić information content (AvgIpc) is 2.91. The highest BCUT2D eigenvalue weighted by atomic mass is 16.2. The number of amides is 2. The number of fused-ring (bicyclic) bond motifs is 2. The van der Waals surface area contributed by atoms with Gasteiger partial charge in [-0.2, -0.15) is 0 Å². The third kappa shape index (κ3) is 2.29. The minimum absolute atomic E-state index is 0.0190. The highest BCUT2D eigenvalue weighted by Gasteiger charge is 2.27. The summed E-state index contributed by atoms with van der Waals surface area (Å²) in [5.41, 5.74) is 2.16. The van der Waals surface area contributed by atoms with Gasteiger partial charge in [-0.3, -0.25) is 14.4 Å². The van der Waals surface area contributed by atoms with E-state index in [9.17, 15) is 14.4 Å². The van der Waals surface area contributed by atoms with Crippen LogP contribution >= 0.6 is 0 Å². The average molecular weight is 285 g/mol. The molecule has 0 atom stereocenters. The SMILES string of the molecule is CN(C=O)CC(=O)N1Cc2[nH]c3ccccc3c(=O)c2C1. The molecule has 108 valence electrons. The molecular weight excluding hydrogens is 270 g/mol. The Bertz CT molecular complexity index is 781. The standard InChI is InChI=1S/C15H15N3O3/c1-17(9-19)8-14(20)18-6-11-13(7-18)16-12-5-3-2-4-10(12)15(11)21/h2-5,9H,6-8H2,1H3,(H,16,21). The van der Waals surface area contributed by atoms with Crippen molar-refractivity contribution < 1.29 is 9.59 Å². The van der Waals surface area contributed by atoms with Gasteiger partial charge in [0.15, 0.2) is 5.43 Å². The van der Waals surface area contributed by atoms with Gasteiger partial charge in [0, 0.05) is 29.2 Å². The normalized spacial score (nSPS) is 13.3. The molecule has 1 aromatic carbocycles. The number of H-pyrrole nitrogens is 1. The van der Waals surface area contributed by atoms with E-state index in [0.29, 0.717) is 30.4 Å². The quantitative estimate of drug-likeness (QED) is 0.833. The van der Waals surface area contributed by atoms with E-state index in [1.807, 2.05) is 18.2 Å². The Morgan fingerprint density at radius 1 is 1.38 bits per heavy atom. The van der Waals surface area contributed by atoms with E-state index in [1.54, 1.807) is 18.0 Å². The van der Waals surface area contributed by atoms with Crippen LogP contribution in [0.25, 0.3) is 10.9 Å². The van der Waals surface area contributed by atoms with E-state index in [4.69, 9.17) is 0 Å². The lowest BCUT2D eigenvalue weighted by atomic mass is 10.1. The van der Waals surface area contributed by atoms with Crippen LogP contribution in [-0.4, -0.2) is 40.7 Å². The van der Waals surface area contributed by atoms with Crippen LogP contribution in [0.1, 0.15) is 11.3 Å². The zero-order chi connectivity index (χ0) is 15.0.